The summed E-state index contributed by atoms with van der Waals surface area (Å²) in [4.78, 5) is 47.8. The number of H-pyrrole nitrogens is 1. The van der Waals surface area contributed by atoms with E-state index in [1.807, 2.05) is 72.8 Å². The zero-order valence-corrected chi connectivity index (χ0v) is 20.7. The van der Waals surface area contributed by atoms with Crippen LogP contribution in [-0.2, 0) is 25.5 Å². The molecule has 2 amide bonds. The number of nitrogens with zero attached hydrogens (tertiary/aromatic N) is 2. The number of carbonyl (C=O) groups is 3. The predicted octanol–water partition coefficient (Wildman–Crippen LogP) is 3.90. The van der Waals surface area contributed by atoms with Gasteiger partial charge in [-0.25, -0.2) is 9.78 Å². The summed E-state index contributed by atoms with van der Waals surface area (Å²) < 4.78 is 4.89. The Morgan fingerprint density at radius 2 is 1.76 bits per heavy atom. The Balaban J connectivity index is 1.60. The topological polar surface area (TPSA) is 104 Å². The van der Waals surface area contributed by atoms with Gasteiger partial charge in [0.1, 0.15) is 6.04 Å². The molecule has 0 spiro atoms. The largest absolute Gasteiger partial charge is 0.467 e. The average molecular weight is 497 g/mol. The number of esters is 1. The zero-order chi connectivity index (χ0) is 26.2. The van der Waals surface area contributed by atoms with E-state index in [4.69, 9.17) is 4.74 Å². The summed E-state index contributed by atoms with van der Waals surface area (Å²) in [6.45, 7) is 0. The molecule has 1 heterocycles. The number of ether oxygens (including phenoxy) is 1. The molecule has 4 rings (SSSR count). The number of methoxy groups -OCH3 is 1. The van der Waals surface area contributed by atoms with Gasteiger partial charge < -0.3 is 19.9 Å². The van der Waals surface area contributed by atoms with Crippen molar-refractivity contribution in [3.63, 3.8) is 0 Å². The van der Waals surface area contributed by atoms with Crippen LogP contribution in [0.3, 0.4) is 0 Å². The van der Waals surface area contributed by atoms with Crippen LogP contribution in [0.2, 0.25) is 0 Å². The van der Waals surface area contributed by atoms with E-state index in [1.165, 1.54) is 13.4 Å². The number of hydrogen-bond donors (Lipinski definition) is 2. The van der Waals surface area contributed by atoms with Crippen LogP contribution in [0, 0.1) is 0 Å². The summed E-state index contributed by atoms with van der Waals surface area (Å²) in [5, 5.41) is 4.68. The maximum Gasteiger partial charge on any atom is 0.328 e. The molecule has 0 aliphatic carbocycles. The predicted molar refractivity (Wildman–Crippen MR) is 143 cm³/mol. The number of fused-ring (bicyclic) bond motifs is 1. The van der Waals surface area contributed by atoms with Gasteiger partial charge >= 0.3 is 5.97 Å². The van der Waals surface area contributed by atoms with Crippen molar-refractivity contribution in [3.8, 4) is 0 Å². The average Bonchev–Trinajstić information content (AvgIpc) is 3.44. The van der Waals surface area contributed by atoms with Crippen molar-refractivity contribution in [3.05, 3.63) is 102 Å². The molecule has 0 fully saturated rings. The van der Waals surface area contributed by atoms with Crippen molar-refractivity contribution in [2.24, 2.45) is 0 Å². The minimum atomic E-state index is -0.967. The van der Waals surface area contributed by atoms with E-state index in [9.17, 15) is 14.4 Å². The van der Waals surface area contributed by atoms with E-state index in [-0.39, 0.29) is 24.3 Å². The highest BCUT2D eigenvalue weighted by molar-refractivity contribution is 6.09. The third-order valence-corrected chi connectivity index (χ3v) is 6.04. The number of hydrogen-bond acceptors (Lipinski definition) is 5. The van der Waals surface area contributed by atoms with Gasteiger partial charge in [0, 0.05) is 30.6 Å². The molecule has 0 unspecified atom stereocenters. The van der Waals surface area contributed by atoms with Crippen molar-refractivity contribution in [2.75, 3.05) is 19.1 Å². The fourth-order valence-electron chi connectivity index (χ4n) is 4.06. The summed E-state index contributed by atoms with van der Waals surface area (Å²) in [6, 6.07) is 21.8. The third kappa shape index (κ3) is 6.29. The van der Waals surface area contributed by atoms with Crippen molar-refractivity contribution in [1.82, 2.24) is 15.3 Å². The molecule has 0 bridgehead atoms. The van der Waals surface area contributed by atoms with Gasteiger partial charge in [0.15, 0.2) is 0 Å². The van der Waals surface area contributed by atoms with Crippen molar-refractivity contribution in [1.29, 1.82) is 0 Å². The molecule has 0 aliphatic heterocycles. The first-order valence-electron chi connectivity index (χ1n) is 11.8. The second-order valence-corrected chi connectivity index (χ2v) is 8.52. The molecule has 2 N–H and O–H groups in total. The number of anilines is 1. The smallest absolute Gasteiger partial charge is 0.328 e. The van der Waals surface area contributed by atoms with E-state index in [2.05, 4.69) is 15.3 Å². The van der Waals surface area contributed by atoms with Crippen LogP contribution in [0.4, 0.5) is 5.69 Å². The Morgan fingerprint density at radius 1 is 1.03 bits per heavy atom. The van der Waals surface area contributed by atoms with Gasteiger partial charge in [0.25, 0.3) is 0 Å². The molecule has 37 heavy (non-hydrogen) atoms. The molecule has 0 aliphatic rings. The van der Waals surface area contributed by atoms with Crippen LogP contribution in [-0.4, -0.2) is 48.0 Å². The summed E-state index contributed by atoms with van der Waals surface area (Å²) in [6.07, 6.45) is 4.77. The molecule has 0 saturated heterocycles. The van der Waals surface area contributed by atoms with Crippen LogP contribution in [0.1, 0.15) is 17.7 Å². The Bertz CT molecular complexity index is 1410. The van der Waals surface area contributed by atoms with Gasteiger partial charge in [0.2, 0.25) is 11.8 Å². The number of aromatic nitrogens is 2. The lowest BCUT2D eigenvalue weighted by atomic mass is 10.0. The molecular weight excluding hydrogens is 468 g/mol. The molecule has 1 aromatic heterocycles. The second kappa shape index (κ2) is 11.8. The van der Waals surface area contributed by atoms with Gasteiger partial charge in [-0.3, -0.25) is 9.59 Å². The molecule has 1 atom stereocenters. The standard InChI is InChI=1S/C29H28N4O4/c1-33(26-14-8-12-21-11-6-7-13-24(21)26)27(34)16-22(15-20-9-4-3-5-10-20)28(35)32-25(29(36)37-2)17-23-18-30-19-31-23/h3-15,18-19,25H,16-17H2,1-2H3,(H,30,31)(H,32,35)/b22-15-/t25-/m0/s1. The number of benzene rings is 3. The number of nitrogens with one attached hydrogen (secondary N) is 2. The van der Waals surface area contributed by atoms with Gasteiger partial charge in [-0.1, -0.05) is 66.7 Å². The van der Waals surface area contributed by atoms with Crippen LogP contribution in [0.25, 0.3) is 16.8 Å². The first-order chi connectivity index (χ1) is 18.0. The number of carbonyl (C=O) groups excluding carboxylic acids is 3. The molecule has 4 aromatic rings. The lowest BCUT2D eigenvalue weighted by molar-refractivity contribution is -0.144. The van der Waals surface area contributed by atoms with E-state index in [0.29, 0.717) is 5.69 Å². The second-order valence-electron chi connectivity index (χ2n) is 8.52. The highest BCUT2D eigenvalue weighted by Crippen LogP contribution is 2.27. The van der Waals surface area contributed by atoms with E-state index in [0.717, 1.165) is 22.0 Å². The maximum atomic E-state index is 13.4. The number of rotatable bonds is 9. The van der Waals surface area contributed by atoms with E-state index >= 15 is 0 Å². The summed E-state index contributed by atoms with van der Waals surface area (Å²) in [5.74, 6) is -1.40. The lowest BCUT2D eigenvalue weighted by Crippen LogP contribution is -2.44. The van der Waals surface area contributed by atoms with Crippen LogP contribution in [0.5, 0.6) is 0 Å². The van der Waals surface area contributed by atoms with Crippen molar-refractivity contribution >= 4 is 40.3 Å². The number of amides is 2. The number of aromatic amines is 1. The normalized spacial score (nSPS) is 12.1. The van der Waals surface area contributed by atoms with Gasteiger partial charge in [0.05, 0.1) is 31.2 Å². The van der Waals surface area contributed by atoms with Gasteiger partial charge in [-0.05, 0) is 23.1 Å². The van der Waals surface area contributed by atoms with Gasteiger partial charge in [-0.15, -0.1) is 0 Å². The molecule has 0 saturated carbocycles. The summed E-state index contributed by atoms with van der Waals surface area (Å²) in [7, 11) is 2.95. The third-order valence-electron chi connectivity index (χ3n) is 6.04. The molecule has 0 radical (unpaired) electrons. The highest BCUT2D eigenvalue weighted by Gasteiger charge is 2.26. The van der Waals surface area contributed by atoms with Crippen LogP contribution < -0.4 is 10.2 Å². The molecule has 3 aromatic carbocycles. The summed E-state index contributed by atoms with van der Waals surface area (Å²) in [5.41, 5.74) is 2.32. The minimum Gasteiger partial charge on any atom is -0.467 e. The van der Waals surface area contributed by atoms with Crippen molar-refractivity contribution < 1.29 is 19.1 Å². The first kappa shape index (κ1) is 25.4. The summed E-state index contributed by atoms with van der Waals surface area (Å²) >= 11 is 0. The monoisotopic (exact) mass is 496 g/mol. The quantitative estimate of drug-likeness (QED) is 0.270. The zero-order valence-electron chi connectivity index (χ0n) is 20.7. The minimum absolute atomic E-state index is 0.143. The van der Waals surface area contributed by atoms with Gasteiger partial charge in [-0.2, -0.15) is 0 Å². The lowest BCUT2D eigenvalue weighted by Gasteiger charge is -2.21. The molecular formula is C29H28N4O4. The molecule has 8 nitrogen and oxygen atoms in total. The highest BCUT2D eigenvalue weighted by atomic mass is 16.5. The Kier molecular flexibility index (Phi) is 8.10. The van der Waals surface area contributed by atoms with Crippen molar-refractivity contribution in [2.45, 2.75) is 18.9 Å². The Labute approximate surface area is 215 Å². The van der Waals surface area contributed by atoms with E-state index < -0.39 is 17.9 Å². The molecule has 8 heteroatoms. The molecule has 188 valence electrons. The fraction of sp³-hybridized carbons (Fsp3) is 0.172. The van der Waals surface area contributed by atoms with Crippen LogP contribution >= 0.6 is 0 Å². The fourth-order valence-corrected chi connectivity index (χ4v) is 4.06. The maximum absolute atomic E-state index is 13.4. The Hall–Kier alpha value is -4.72. The first-order valence-corrected chi connectivity index (χ1v) is 11.8. The van der Waals surface area contributed by atoms with Crippen LogP contribution in [0.15, 0.2) is 90.9 Å². The SMILES string of the molecule is COC(=O)[C@H](Cc1c[nH]cn1)NC(=O)/C(=C\c1ccccc1)CC(=O)N(C)c1cccc2ccccc12. The Morgan fingerprint density at radius 3 is 2.49 bits per heavy atom. The number of imidazole rings is 1. The van der Waals surface area contributed by atoms with E-state index in [1.54, 1.807) is 24.2 Å².